The van der Waals surface area contributed by atoms with Crippen LogP contribution in [0.25, 0.3) is 0 Å². The van der Waals surface area contributed by atoms with Gasteiger partial charge in [0, 0.05) is 12.6 Å². The van der Waals surface area contributed by atoms with Gasteiger partial charge >= 0.3 is 0 Å². The van der Waals surface area contributed by atoms with Gasteiger partial charge in [0.25, 0.3) is 0 Å². The van der Waals surface area contributed by atoms with E-state index in [-0.39, 0.29) is 25.1 Å². The molecule has 1 unspecified atom stereocenters. The number of rotatable bonds is 1. The predicted molar refractivity (Wildman–Crippen MR) is 41.5 cm³/mol. The first-order chi connectivity index (χ1) is 4.33. The Labute approximate surface area is 67.2 Å². The highest BCUT2D eigenvalue weighted by Crippen LogP contribution is 1.98. The van der Waals surface area contributed by atoms with Gasteiger partial charge < -0.3 is 15.2 Å². The van der Waals surface area contributed by atoms with Crippen LogP contribution < -0.4 is 5.32 Å². The third kappa shape index (κ3) is 2.84. The van der Waals surface area contributed by atoms with E-state index in [4.69, 9.17) is 9.84 Å². The molecule has 2 atom stereocenters. The molecule has 1 rings (SSSR count). The minimum Gasteiger partial charge on any atom is -0.394 e. The van der Waals surface area contributed by atoms with Gasteiger partial charge in [-0.1, -0.05) is 0 Å². The lowest BCUT2D eigenvalue weighted by molar-refractivity contribution is -0.0222. The Morgan fingerprint density at radius 1 is 1.70 bits per heavy atom. The van der Waals surface area contributed by atoms with E-state index < -0.39 is 0 Å². The molecular formula is C6H14ClNO2. The van der Waals surface area contributed by atoms with Crippen LogP contribution in [0.1, 0.15) is 6.92 Å². The number of morpholine rings is 1. The minimum atomic E-state index is 0. The Hall–Kier alpha value is 0.170. The van der Waals surface area contributed by atoms with Gasteiger partial charge in [-0.05, 0) is 6.92 Å². The molecule has 1 saturated heterocycles. The molecule has 0 amide bonds. The van der Waals surface area contributed by atoms with E-state index in [0.717, 1.165) is 6.54 Å². The zero-order chi connectivity index (χ0) is 6.69. The summed E-state index contributed by atoms with van der Waals surface area (Å²) in [7, 11) is 0. The van der Waals surface area contributed by atoms with Crippen LogP contribution in [0.3, 0.4) is 0 Å². The van der Waals surface area contributed by atoms with E-state index in [1.807, 2.05) is 0 Å². The Balaban J connectivity index is 0.000000810. The topological polar surface area (TPSA) is 41.5 Å². The molecule has 1 aliphatic heterocycles. The van der Waals surface area contributed by atoms with Gasteiger partial charge in [-0.15, -0.1) is 12.4 Å². The Morgan fingerprint density at radius 3 is 2.80 bits per heavy atom. The van der Waals surface area contributed by atoms with Crippen LogP contribution in [0.2, 0.25) is 0 Å². The average Bonchev–Trinajstić information content (AvgIpc) is 1.90. The van der Waals surface area contributed by atoms with Gasteiger partial charge in [0.1, 0.15) is 0 Å². The van der Waals surface area contributed by atoms with E-state index in [2.05, 4.69) is 12.2 Å². The van der Waals surface area contributed by atoms with Crippen LogP contribution in [0.5, 0.6) is 0 Å². The smallest absolute Gasteiger partial charge is 0.0930 e. The van der Waals surface area contributed by atoms with Crippen molar-refractivity contribution in [2.45, 2.75) is 19.1 Å². The standard InChI is InChI=1S/C6H13NO2.ClH/c1-5-4-9-6(3-8)2-7-5;/h5-8H,2-4H2,1H3;1H/t5-,6?;/m1./s1. The quantitative estimate of drug-likeness (QED) is 0.568. The SMILES string of the molecule is C[C@@H]1COC(CO)CN1.Cl. The molecule has 0 aromatic heterocycles. The van der Waals surface area contributed by atoms with Crippen molar-refractivity contribution in [3.8, 4) is 0 Å². The van der Waals surface area contributed by atoms with Crippen LogP contribution in [-0.4, -0.2) is 37.0 Å². The number of hydrogen-bond donors (Lipinski definition) is 2. The molecule has 62 valence electrons. The molecule has 2 N–H and O–H groups in total. The maximum absolute atomic E-state index is 8.61. The average molecular weight is 168 g/mol. The third-order valence-electron chi connectivity index (χ3n) is 1.48. The lowest BCUT2D eigenvalue weighted by Gasteiger charge is -2.26. The molecule has 1 aliphatic rings. The second kappa shape index (κ2) is 4.91. The maximum Gasteiger partial charge on any atom is 0.0930 e. The van der Waals surface area contributed by atoms with Crippen LogP contribution in [0.4, 0.5) is 0 Å². The number of nitrogens with one attached hydrogen (secondary N) is 1. The van der Waals surface area contributed by atoms with Crippen molar-refractivity contribution < 1.29 is 9.84 Å². The summed E-state index contributed by atoms with van der Waals surface area (Å²) in [6.45, 7) is 3.68. The van der Waals surface area contributed by atoms with Crippen molar-refractivity contribution in [3.63, 3.8) is 0 Å². The molecule has 0 aliphatic carbocycles. The summed E-state index contributed by atoms with van der Waals surface area (Å²) in [5.41, 5.74) is 0. The number of aliphatic hydroxyl groups is 1. The second-order valence-electron chi connectivity index (χ2n) is 2.45. The van der Waals surface area contributed by atoms with Gasteiger partial charge in [-0.25, -0.2) is 0 Å². The van der Waals surface area contributed by atoms with Crippen LogP contribution in [-0.2, 0) is 4.74 Å². The van der Waals surface area contributed by atoms with Gasteiger partial charge in [-0.3, -0.25) is 0 Å². The minimum absolute atomic E-state index is 0. The van der Waals surface area contributed by atoms with Crippen molar-refractivity contribution >= 4 is 12.4 Å². The van der Waals surface area contributed by atoms with Crippen molar-refractivity contribution in [2.24, 2.45) is 0 Å². The fraction of sp³-hybridized carbons (Fsp3) is 1.00. The molecule has 1 heterocycles. The molecule has 3 nitrogen and oxygen atoms in total. The van der Waals surface area contributed by atoms with E-state index in [0.29, 0.717) is 12.6 Å². The zero-order valence-electron chi connectivity index (χ0n) is 6.04. The van der Waals surface area contributed by atoms with Crippen molar-refractivity contribution in [2.75, 3.05) is 19.8 Å². The molecule has 0 radical (unpaired) electrons. The summed E-state index contributed by atoms with van der Waals surface area (Å²) in [6, 6.07) is 0.438. The van der Waals surface area contributed by atoms with Gasteiger partial charge in [0.2, 0.25) is 0 Å². The summed E-state index contributed by atoms with van der Waals surface area (Å²) in [5, 5.41) is 11.8. The third-order valence-corrected chi connectivity index (χ3v) is 1.48. The summed E-state index contributed by atoms with van der Waals surface area (Å²) < 4.78 is 5.23. The normalized spacial score (nSPS) is 33.0. The van der Waals surface area contributed by atoms with Gasteiger partial charge in [-0.2, -0.15) is 0 Å². The summed E-state index contributed by atoms with van der Waals surface area (Å²) in [6.07, 6.45) is 0.0150. The van der Waals surface area contributed by atoms with Crippen LogP contribution in [0.15, 0.2) is 0 Å². The van der Waals surface area contributed by atoms with E-state index in [1.165, 1.54) is 0 Å². The maximum atomic E-state index is 8.61. The highest BCUT2D eigenvalue weighted by Gasteiger charge is 2.15. The lowest BCUT2D eigenvalue weighted by atomic mass is 10.2. The number of hydrogen-bond acceptors (Lipinski definition) is 3. The van der Waals surface area contributed by atoms with E-state index >= 15 is 0 Å². The second-order valence-corrected chi connectivity index (χ2v) is 2.45. The predicted octanol–water partition coefficient (Wildman–Crippen LogP) is -0.223. The fourth-order valence-corrected chi connectivity index (χ4v) is 0.848. The summed E-state index contributed by atoms with van der Waals surface area (Å²) in [4.78, 5) is 0. The monoisotopic (exact) mass is 167 g/mol. The largest absolute Gasteiger partial charge is 0.394 e. The number of aliphatic hydroxyl groups excluding tert-OH is 1. The van der Waals surface area contributed by atoms with Crippen LogP contribution in [0, 0.1) is 0 Å². The molecule has 1 fully saturated rings. The highest BCUT2D eigenvalue weighted by molar-refractivity contribution is 5.85. The van der Waals surface area contributed by atoms with E-state index in [1.54, 1.807) is 0 Å². The number of ether oxygens (including phenoxy) is 1. The highest BCUT2D eigenvalue weighted by atomic mass is 35.5. The first kappa shape index (κ1) is 10.2. The van der Waals surface area contributed by atoms with Crippen molar-refractivity contribution in [3.05, 3.63) is 0 Å². The Kier molecular flexibility index (Phi) is 4.99. The first-order valence-corrected chi connectivity index (χ1v) is 3.28. The van der Waals surface area contributed by atoms with E-state index in [9.17, 15) is 0 Å². The van der Waals surface area contributed by atoms with Crippen molar-refractivity contribution in [1.82, 2.24) is 5.32 Å². The molecule has 10 heavy (non-hydrogen) atoms. The number of halogens is 1. The molecule has 0 saturated carbocycles. The molecular weight excluding hydrogens is 154 g/mol. The molecule has 0 spiro atoms. The molecule has 4 heteroatoms. The lowest BCUT2D eigenvalue weighted by Crippen LogP contribution is -2.46. The zero-order valence-corrected chi connectivity index (χ0v) is 6.86. The Bertz CT molecular complexity index is 83.8. The molecule has 0 aromatic carbocycles. The van der Waals surface area contributed by atoms with Gasteiger partial charge in [0.05, 0.1) is 19.3 Å². The van der Waals surface area contributed by atoms with Crippen LogP contribution >= 0.6 is 12.4 Å². The molecule has 0 bridgehead atoms. The summed E-state index contributed by atoms with van der Waals surface area (Å²) >= 11 is 0. The fourth-order valence-electron chi connectivity index (χ4n) is 0.848. The molecule has 0 aromatic rings. The van der Waals surface area contributed by atoms with Gasteiger partial charge in [0.15, 0.2) is 0 Å². The van der Waals surface area contributed by atoms with Crippen molar-refractivity contribution in [1.29, 1.82) is 0 Å². The Morgan fingerprint density at radius 2 is 2.40 bits per heavy atom. The summed E-state index contributed by atoms with van der Waals surface area (Å²) in [5.74, 6) is 0. The first-order valence-electron chi connectivity index (χ1n) is 3.28.